The molecule has 4 aliphatic rings. The third-order valence-electron chi connectivity index (χ3n) is 9.54. The number of carbonyl (C=O) groups excluding carboxylic acids is 2. The number of likely N-dealkylation sites (N-methyl/N-ethyl adjacent to an activating group) is 1. The fourth-order valence-corrected chi connectivity index (χ4v) is 7.82. The number of Topliss-reactive ketones (excluding diaryl/α,β-unsaturated/α-hetero) is 1. The van der Waals surface area contributed by atoms with Crippen LogP contribution in [0.1, 0.15) is 48.8 Å². The van der Waals surface area contributed by atoms with Gasteiger partial charge in [-0.2, -0.15) is 0 Å². The summed E-state index contributed by atoms with van der Waals surface area (Å²) in [5.41, 5.74) is 3.41. The molecule has 4 atom stereocenters. The van der Waals surface area contributed by atoms with Crippen LogP contribution in [0.15, 0.2) is 23.0 Å². The van der Waals surface area contributed by atoms with Crippen LogP contribution >= 0.6 is 0 Å². The van der Waals surface area contributed by atoms with Crippen LogP contribution in [-0.2, 0) is 22.6 Å². The van der Waals surface area contributed by atoms with E-state index in [0.29, 0.717) is 23.8 Å². The van der Waals surface area contributed by atoms with E-state index in [0.717, 1.165) is 12.1 Å². The molecule has 1 aromatic carbocycles. The number of hydrogen-bond donors (Lipinski definition) is 5. The minimum absolute atomic E-state index is 0.0784. The van der Waals surface area contributed by atoms with E-state index >= 15 is 0 Å². The van der Waals surface area contributed by atoms with Gasteiger partial charge < -0.3 is 0 Å². The number of phenols is 1. The zero-order valence-corrected chi connectivity index (χ0v) is 24.1. The molecule has 11 heteroatoms. The van der Waals surface area contributed by atoms with Crippen LogP contribution in [0.2, 0.25) is 0 Å². The van der Waals surface area contributed by atoms with Gasteiger partial charge in [-0.1, -0.05) is 12.8 Å². The Bertz CT molecular complexity index is 1380. The molecule has 1 radical (unpaired) electrons. The Morgan fingerprint density at radius 2 is 1.85 bits per heavy atom. The molecule has 6 N–H and O–H groups in total. The molecular formula is C30H39BN3O7. The second-order valence-electron chi connectivity index (χ2n) is 12.3. The Balaban J connectivity index is 1.59. The second-order valence-corrected chi connectivity index (χ2v) is 12.3. The number of amides is 1. The zero-order valence-electron chi connectivity index (χ0n) is 24.1. The standard InChI is InChI=1S/C30H39BN3O7/c1-33(2)23-18-10-15-9-17-21(19(35)11-16(26(17)41-4)13-34(3)12-14-7-5-6-8-14)24(36)20(15)28(38)30(18,40)27(31)22(25(23)37)29(32)39/h11,14-15,18,23,35-37,40H,5-10,12-13H2,1-4H3,(H2,32,39)/t15-,18-,23-,30+/m0/s1. The molecule has 10 nitrogen and oxygen atoms in total. The summed E-state index contributed by atoms with van der Waals surface area (Å²) in [4.78, 5) is 30.1. The topological polar surface area (TPSA) is 157 Å². The molecule has 2 fully saturated rings. The second kappa shape index (κ2) is 10.6. The quantitative estimate of drug-likeness (QED) is 0.309. The Morgan fingerprint density at radius 3 is 2.44 bits per heavy atom. The van der Waals surface area contributed by atoms with Crippen molar-refractivity contribution in [3.05, 3.63) is 39.7 Å². The molecule has 41 heavy (non-hydrogen) atoms. The van der Waals surface area contributed by atoms with Gasteiger partial charge in [-0.05, 0) is 18.8 Å². The maximum absolute atomic E-state index is 14.1. The van der Waals surface area contributed by atoms with E-state index < -0.39 is 57.7 Å². The number of carbonyl (C=O) groups is 2. The first-order chi connectivity index (χ1) is 19.3. The number of benzene rings is 1. The van der Waals surface area contributed by atoms with E-state index in [1.54, 1.807) is 32.2 Å². The van der Waals surface area contributed by atoms with Gasteiger partial charge >= 0.3 is 210 Å². The monoisotopic (exact) mass is 564 g/mol. The third kappa shape index (κ3) is 4.49. The number of ether oxygens (including phenoxy) is 1. The number of ketones is 1. The molecule has 0 bridgehead atoms. The Labute approximate surface area is 241 Å². The van der Waals surface area contributed by atoms with Crippen molar-refractivity contribution in [2.24, 2.45) is 23.5 Å². The summed E-state index contributed by atoms with van der Waals surface area (Å²) < 4.78 is 5.85. The van der Waals surface area contributed by atoms with E-state index in [1.165, 1.54) is 25.7 Å². The van der Waals surface area contributed by atoms with Gasteiger partial charge in [-0.15, -0.1) is 0 Å². The molecule has 4 aliphatic carbocycles. The van der Waals surface area contributed by atoms with Gasteiger partial charge in [-0.3, -0.25) is 0 Å². The van der Waals surface area contributed by atoms with Crippen LogP contribution in [0.3, 0.4) is 0 Å². The number of hydrogen-bond acceptors (Lipinski definition) is 9. The van der Waals surface area contributed by atoms with Gasteiger partial charge in [0.1, 0.15) is 0 Å². The van der Waals surface area contributed by atoms with Crippen molar-refractivity contribution >= 4 is 30.4 Å². The SMILES string of the molecule is [B]=C1C(C(N)=O)=C(O)[C@@H](N(C)C)[C@@H]2C[C@@H]3Cc4c(OC)c(CN(C)CC5CCCC5)cc(O)c4C(O)=C3C(=O)[C@]12O. The molecular weight excluding hydrogens is 525 g/mol. The number of primary amides is 1. The summed E-state index contributed by atoms with van der Waals surface area (Å²) >= 11 is 0. The fraction of sp³-hybridized carbons (Fsp3) is 0.567. The molecule has 1 amide bonds. The first-order valence-corrected chi connectivity index (χ1v) is 14.2. The number of nitrogens with two attached hydrogens (primary N) is 1. The minimum atomic E-state index is -2.40. The molecule has 2 saturated carbocycles. The molecule has 0 aliphatic heterocycles. The van der Waals surface area contributed by atoms with Crippen LogP contribution in [0.4, 0.5) is 0 Å². The Kier molecular flexibility index (Phi) is 7.59. The molecule has 0 saturated heterocycles. The number of aromatic hydroxyl groups is 1. The summed E-state index contributed by atoms with van der Waals surface area (Å²) in [6, 6.07) is 0.620. The van der Waals surface area contributed by atoms with Crippen molar-refractivity contribution in [2.45, 2.75) is 56.7 Å². The first kappa shape index (κ1) is 29.4. The molecule has 0 aromatic heterocycles. The van der Waals surface area contributed by atoms with Crippen LogP contribution in [-0.4, -0.2) is 101 Å². The summed E-state index contributed by atoms with van der Waals surface area (Å²) in [5.74, 6) is -3.34. The van der Waals surface area contributed by atoms with Gasteiger partial charge in [0, 0.05) is 0 Å². The van der Waals surface area contributed by atoms with Crippen molar-refractivity contribution in [1.82, 2.24) is 9.80 Å². The van der Waals surface area contributed by atoms with Crippen molar-refractivity contribution in [2.75, 3.05) is 34.8 Å². The van der Waals surface area contributed by atoms with Crippen LogP contribution in [0.25, 0.3) is 5.76 Å². The maximum atomic E-state index is 14.1. The first-order valence-electron chi connectivity index (χ1n) is 14.2. The molecule has 0 unspecified atom stereocenters. The predicted molar refractivity (Wildman–Crippen MR) is 155 cm³/mol. The third-order valence-corrected chi connectivity index (χ3v) is 9.54. The number of rotatable bonds is 7. The van der Waals surface area contributed by atoms with E-state index in [-0.39, 0.29) is 29.7 Å². The summed E-state index contributed by atoms with van der Waals surface area (Å²) in [6.07, 6.45) is 5.32. The van der Waals surface area contributed by atoms with Crippen molar-refractivity contribution in [3.63, 3.8) is 0 Å². The molecule has 0 spiro atoms. The number of aliphatic hydroxyl groups is 3. The van der Waals surface area contributed by atoms with E-state index in [4.69, 9.17) is 18.0 Å². The number of fused-ring (bicyclic) bond motifs is 3. The van der Waals surface area contributed by atoms with E-state index in [1.807, 2.05) is 7.05 Å². The molecule has 1 aromatic rings. The van der Waals surface area contributed by atoms with Crippen LogP contribution in [0.5, 0.6) is 11.5 Å². The van der Waals surface area contributed by atoms with Gasteiger partial charge in [0.25, 0.3) is 0 Å². The average Bonchev–Trinajstić information content (AvgIpc) is 3.38. The van der Waals surface area contributed by atoms with Crippen LogP contribution in [0, 0.1) is 17.8 Å². The number of phenolic OH excluding ortho intramolecular Hbond substituents is 1. The Hall–Kier alpha value is -3.15. The molecule has 219 valence electrons. The number of methoxy groups -OCH3 is 1. The number of nitrogens with zero attached hydrogens (tertiary/aromatic N) is 2. The van der Waals surface area contributed by atoms with Gasteiger partial charge in [0.2, 0.25) is 0 Å². The van der Waals surface area contributed by atoms with Crippen molar-refractivity contribution < 1.29 is 34.8 Å². The zero-order chi connectivity index (χ0) is 30.0. The Morgan fingerprint density at radius 1 is 1.20 bits per heavy atom. The summed E-state index contributed by atoms with van der Waals surface area (Å²) in [5, 5.41) is 45.5. The van der Waals surface area contributed by atoms with E-state index in [9.17, 15) is 30.0 Å². The number of aliphatic hydroxyl groups excluding tert-OH is 2. The van der Waals surface area contributed by atoms with Crippen molar-refractivity contribution in [1.29, 1.82) is 0 Å². The fourth-order valence-electron chi connectivity index (χ4n) is 7.82. The molecule has 0 heterocycles. The van der Waals surface area contributed by atoms with Gasteiger partial charge in [-0.25, -0.2) is 0 Å². The van der Waals surface area contributed by atoms with Crippen molar-refractivity contribution in [3.8, 4) is 11.5 Å². The van der Waals surface area contributed by atoms with Gasteiger partial charge in [0.15, 0.2) is 0 Å². The normalized spacial score (nSPS) is 28.3. The molecule has 5 rings (SSSR count). The summed E-state index contributed by atoms with van der Waals surface area (Å²) in [6.45, 7) is 1.47. The summed E-state index contributed by atoms with van der Waals surface area (Å²) in [7, 11) is 13.1. The predicted octanol–water partition coefficient (Wildman–Crippen LogP) is 1.37. The van der Waals surface area contributed by atoms with E-state index in [2.05, 4.69) is 4.90 Å². The average molecular weight is 564 g/mol. The van der Waals surface area contributed by atoms with Gasteiger partial charge in [0.05, 0.1) is 0 Å². The van der Waals surface area contributed by atoms with Crippen LogP contribution < -0.4 is 10.5 Å².